The number of aliphatic hydroxyl groups excluding tert-OH is 2. The molecule has 9 heteroatoms. The number of amides is 1. The molecule has 0 aliphatic heterocycles. The fourth-order valence-corrected chi connectivity index (χ4v) is 3.77. The summed E-state index contributed by atoms with van der Waals surface area (Å²) >= 11 is 0. The number of carbonyl (C=O) groups is 1. The zero-order valence-corrected chi connectivity index (χ0v) is 21.7. The van der Waals surface area contributed by atoms with Crippen LogP contribution in [0.25, 0.3) is 0 Å². The van der Waals surface area contributed by atoms with Crippen molar-refractivity contribution in [2.24, 2.45) is 0 Å². The lowest BCUT2D eigenvalue weighted by Crippen LogP contribution is -2.55. The molecule has 6 nitrogen and oxygen atoms in total. The molecule has 0 atom stereocenters. The monoisotopic (exact) mass is 525 g/mol. The van der Waals surface area contributed by atoms with E-state index in [2.05, 4.69) is 5.32 Å². The summed E-state index contributed by atoms with van der Waals surface area (Å²) in [6, 6.07) is 13.8. The van der Waals surface area contributed by atoms with E-state index in [-0.39, 0.29) is 25.2 Å². The predicted octanol–water partition coefficient (Wildman–Crippen LogP) is 5.68. The van der Waals surface area contributed by atoms with Crippen molar-refractivity contribution >= 4 is 6.09 Å². The predicted molar refractivity (Wildman–Crippen MR) is 136 cm³/mol. The molecule has 0 heterocycles. The van der Waals surface area contributed by atoms with Gasteiger partial charge in [-0.05, 0) is 82.6 Å². The van der Waals surface area contributed by atoms with Crippen molar-refractivity contribution in [1.82, 2.24) is 5.32 Å². The summed E-state index contributed by atoms with van der Waals surface area (Å²) in [5.41, 5.74) is -1.56. The first-order chi connectivity index (χ1) is 17.4. The van der Waals surface area contributed by atoms with Crippen LogP contribution in [0.4, 0.5) is 18.0 Å². The van der Waals surface area contributed by atoms with Crippen LogP contribution in [-0.4, -0.2) is 47.3 Å². The van der Waals surface area contributed by atoms with E-state index in [1.165, 1.54) is 17.7 Å². The lowest BCUT2D eigenvalue weighted by atomic mass is 9.92. The van der Waals surface area contributed by atoms with Crippen LogP contribution in [0, 0.1) is 0 Å². The molecule has 2 rings (SSSR count). The van der Waals surface area contributed by atoms with E-state index in [1.54, 1.807) is 20.8 Å². The number of alkyl halides is 3. The Labute approximate surface area is 216 Å². The molecule has 37 heavy (non-hydrogen) atoms. The Morgan fingerprint density at radius 3 is 2.16 bits per heavy atom. The SMILES string of the molecule is CC(C)(C)OC(=O)NC(CO)(CO)CCc1ccc(OCCCCCc2ccccc2)c(C(F)(F)F)c1. The average molecular weight is 526 g/mol. The van der Waals surface area contributed by atoms with Gasteiger partial charge in [-0.15, -0.1) is 0 Å². The van der Waals surface area contributed by atoms with Gasteiger partial charge in [-0.2, -0.15) is 13.2 Å². The minimum Gasteiger partial charge on any atom is -0.493 e. The molecular formula is C28H38F3NO5. The van der Waals surface area contributed by atoms with Crippen molar-refractivity contribution in [1.29, 1.82) is 0 Å². The molecule has 0 aliphatic rings. The van der Waals surface area contributed by atoms with Crippen molar-refractivity contribution in [3.63, 3.8) is 0 Å². The number of benzene rings is 2. The van der Waals surface area contributed by atoms with Crippen molar-refractivity contribution in [2.45, 2.75) is 76.6 Å². The Balaban J connectivity index is 1.97. The number of hydrogen-bond acceptors (Lipinski definition) is 5. The number of hydrogen-bond donors (Lipinski definition) is 3. The van der Waals surface area contributed by atoms with Gasteiger partial charge in [0.2, 0.25) is 0 Å². The number of halogens is 3. The van der Waals surface area contributed by atoms with Gasteiger partial charge in [0.25, 0.3) is 0 Å². The third-order valence-corrected chi connectivity index (χ3v) is 5.82. The van der Waals surface area contributed by atoms with E-state index < -0.39 is 42.2 Å². The first kappa shape index (κ1) is 30.4. The Hall–Kier alpha value is -2.78. The Morgan fingerprint density at radius 1 is 0.892 bits per heavy atom. The van der Waals surface area contributed by atoms with Gasteiger partial charge in [0.1, 0.15) is 11.4 Å². The zero-order valence-electron chi connectivity index (χ0n) is 21.7. The molecule has 3 N–H and O–H groups in total. The molecule has 0 saturated heterocycles. The normalized spacial score (nSPS) is 12.3. The van der Waals surface area contributed by atoms with E-state index >= 15 is 0 Å². The highest BCUT2D eigenvalue weighted by Gasteiger charge is 2.36. The van der Waals surface area contributed by atoms with Gasteiger partial charge < -0.3 is 25.0 Å². The molecule has 2 aromatic carbocycles. The highest BCUT2D eigenvalue weighted by atomic mass is 19.4. The Morgan fingerprint density at radius 2 is 1.57 bits per heavy atom. The summed E-state index contributed by atoms with van der Waals surface area (Å²) in [5.74, 6) is -0.234. The van der Waals surface area contributed by atoms with Crippen LogP contribution in [0.5, 0.6) is 5.75 Å². The molecular weight excluding hydrogens is 487 g/mol. The van der Waals surface area contributed by atoms with Crippen molar-refractivity contribution < 1.29 is 37.7 Å². The van der Waals surface area contributed by atoms with Gasteiger partial charge in [-0.25, -0.2) is 4.79 Å². The van der Waals surface area contributed by atoms with Gasteiger partial charge in [0.05, 0.1) is 30.9 Å². The quantitative estimate of drug-likeness (QED) is 0.293. The Bertz CT molecular complexity index is 970. The van der Waals surface area contributed by atoms with E-state index in [4.69, 9.17) is 9.47 Å². The maximum atomic E-state index is 13.7. The van der Waals surface area contributed by atoms with Gasteiger partial charge in [0.15, 0.2) is 0 Å². The molecule has 0 aromatic heterocycles. The van der Waals surface area contributed by atoms with Crippen LogP contribution in [0.2, 0.25) is 0 Å². The topological polar surface area (TPSA) is 88.0 Å². The second kappa shape index (κ2) is 13.7. The number of carbonyl (C=O) groups excluding carboxylic acids is 1. The smallest absolute Gasteiger partial charge is 0.419 e. The maximum absolute atomic E-state index is 13.7. The van der Waals surface area contributed by atoms with E-state index in [1.807, 2.05) is 30.3 Å². The molecule has 1 amide bonds. The third-order valence-electron chi connectivity index (χ3n) is 5.82. The molecule has 0 fully saturated rings. The lowest BCUT2D eigenvalue weighted by Gasteiger charge is -2.32. The van der Waals surface area contributed by atoms with Crippen LogP contribution >= 0.6 is 0 Å². The molecule has 0 radical (unpaired) electrons. The van der Waals surface area contributed by atoms with Crippen molar-refractivity contribution in [2.75, 3.05) is 19.8 Å². The van der Waals surface area contributed by atoms with Crippen molar-refractivity contribution in [3.05, 3.63) is 65.2 Å². The summed E-state index contributed by atoms with van der Waals surface area (Å²) in [5, 5.41) is 22.1. The number of aryl methyl sites for hydroxylation is 2. The van der Waals surface area contributed by atoms with Gasteiger partial charge in [-0.1, -0.05) is 36.4 Å². The zero-order chi connectivity index (χ0) is 27.5. The fraction of sp³-hybridized carbons (Fsp3) is 0.536. The molecule has 0 unspecified atom stereocenters. The number of alkyl carbamates (subject to hydrolysis) is 1. The largest absolute Gasteiger partial charge is 0.493 e. The minimum atomic E-state index is -4.61. The van der Waals surface area contributed by atoms with Gasteiger partial charge in [-0.3, -0.25) is 0 Å². The van der Waals surface area contributed by atoms with Crippen LogP contribution in [0.3, 0.4) is 0 Å². The van der Waals surface area contributed by atoms with Gasteiger partial charge >= 0.3 is 12.3 Å². The van der Waals surface area contributed by atoms with Gasteiger partial charge in [0, 0.05) is 0 Å². The molecule has 0 aliphatic carbocycles. The molecule has 206 valence electrons. The molecule has 0 spiro atoms. The number of nitrogens with one attached hydrogen (secondary N) is 1. The van der Waals surface area contributed by atoms with Crippen LogP contribution < -0.4 is 10.1 Å². The second-order valence-electron chi connectivity index (χ2n) is 10.2. The molecule has 0 bridgehead atoms. The van der Waals surface area contributed by atoms with Crippen molar-refractivity contribution in [3.8, 4) is 5.75 Å². The summed E-state index contributed by atoms with van der Waals surface area (Å²) in [6.07, 6.45) is -2.07. The highest BCUT2D eigenvalue weighted by molar-refractivity contribution is 5.68. The van der Waals surface area contributed by atoms with Crippen LogP contribution in [0.15, 0.2) is 48.5 Å². The fourth-order valence-electron chi connectivity index (χ4n) is 3.77. The highest BCUT2D eigenvalue weighted by Crippen LogP contribution is 2.37. The number of ether oxygens (including phenoxy) is 2. The molecule has 2 aromatic rings. The van der Waals surface area contributed by atoms with E-state index in [9.17, 15) is 28.2 Å². The summed E-state index contributed by atoms with van der Waals surface area (Å²) in [6.45, 7) is 3.95. The first-order valence-corrected chi connectivity index (χ1v) is 12.5. The van der Waals surface area contributed by atoms with Crippen LogP contribution in [-0.2, 0) is 23.8 Å². The lowest BCUT2D eigenvalue weighted by molar-refractivity contribution is -0.139. The number of aliphatic hydroxyl groups is 2. The van der Waals surface area contributed by atoms with E-state index in [0.717, 1.165) is 25.3 Å². The third kappa shape index (κ3) is 10.6. The average Bonchev–Trinajstić information content (AvgIpc) is 2.83. The molecule has 0 saturated carbocycles. The summed E-state index contributed by atoms with van der Waals surface area (Å²) in [4.78, 5) is 12.2. The van der Waals surface area contributed by atoms with E-state index in [0.29, 0.717) is 12.0 Å². The summed E-state index contributed by atoms with van der Waals surface area (Å²) < 4.78 is 51.9. The number of rotatable bonds is 13. The summed E-state index contributed by atoms with van der Waals surface area (Å²) in [7, 11) is 0. The maximum Gasteiger partial charge on any atom is 0.419 e. The van der Waals surface area contributed by atoms with Crippen LogP contribution in [0.1, 0.15) is 63.1 Å². The minimum absolute atomic E-state index is 0.00183. The number of unbranched alkanes of at least 4 members (excludes halogenated alkanes) is 2. The first-order valence-electron chi connectivity index (χ1n) is 12.5. The standard InChI is InChI=1S/C28H38F3NO5/c1-26(2,3)37-25(35)32-27(19-33,20-34)16-15-22-13-14-24(23(18-22)28(29,30)31)36-17-9-5-8-12-21-10-6-4-7-11-21/h4,6-7,10-11,13-14,18,33-34H,5,8-9,12,15-17,19-20H2,1-3H3,(H,32,35). The Kier molecular flexibility index (Phi) is 11.3. The second-order valence-corrected chi connectivity index (χ2v) is 10.2.